The van der Waals surface area contributed by atoms with Crippen LogP contribution in [0.15, 0.2) is 0 Å². The lowest BCUT2D eigenvalue weighted by Crippen LogP contribution is -2.52. The fourth-order valence-electron chi connectivity index (χ4n) is 3.83. The molecule has 1 saturated carbocycles. The Morgan fingerprint density at radius 2 is 2.13 bits per heavy atom. The minimum atomic E-state index is -0.661. The second-order valence-electron chi connectivity index (χ2n) is 7.02. The summed E-state index contributed by atoms with van der Waals surface area (Å²) in [5, 5.41) is 20.7. The second-order valence-corrected chi connectivity index (χ2v) is 7.02. The minimum Gasteiger partial charge on any atom is -0.762 e. The van der Waals surface area contributed by atoms with Crippen molar-refractivity contribution in [1.29, 1.82) is 0 Å². The zero-order chi connectivity index (χ0) is 17.0. The molecule has 2 fully saturated rings. The van der Waals surface area contributed by atoms with Gasteiger partial charge < -0.3 is 20.9 Å². The molecule has 5 unspecified atom stereocenters. The number of ketones is 1. The summed E-state index contributed by atoms with van der Waals surface area (Å²) in [4.78, 5) is 14.7. The van der Waals surface area contributed by atoms with Crippen LogP contribution in [0.1, 0.15) is 46.0 Å². The number of likely N-dealkylation sites (tertiary alicyclic amines) is 1. The van der Waals surface area contributed by atoms with Gasteiger partial charge in [0.25, 0.3) is 0 Å². The molecule has 1 saturated heterocycles. The number of nitrogens with two attached hydrogens (primary N) is 1. The van der Waals surface area contributed by atoms with Crippen molar-refractivity contribution >= 4 is 5.78 Å². The molecule has 0 amide bonds. The van der Waals surface area contributed by atoms with Crippen LogP contribution in [0.3, 0.4) is 0 Å². The maximum Gasteiger partial charge on any atom is 0.150 e. The number of piperidine rings is 1. The Kier molecular flexibility index (Phi) is 6.94. The summed E-state index contributed by atoms with van der Waals surface area (Å²) in [6.45, 7) is 5.71. The molecule has 1 aliphatic carbocycles. The first-order chi connectivity index (χ1) is 10.9. The van der Waals surface area contributed by atoms with Gasteiger partial charge in [-0.25, -0.2) is 0 Å². The molecular formula is C16H30N3O4-. The number of carbonyl (C=O) groups excluding carboxylic acids is 1. The molecule has 1 aliphatic heterocycles. The van der Waals surface area contributed by atoms with Crippen molar-refractivity contribution in [2.24, 2.45) is 17.6 Å². The Balaban J connectivity index is 1.92. The molecule has 2 rings (SSSR count). The number of Topliss-reactive ketones (excluding diaryl/α,β-unsaturated/α-hetero) is 1. The summed E-state index contributed by atoms with van der Waals surface area (Å²) in [6, 6.07) is -0.661. The maximum absolute atomic E-state index is 12.6. The van der Waals surface area contributed by atoms with E-state index in [-0.39, 0.29) is 29.2 Å². The van der Waals surface area contributed by atoms with Gasteiger partial charge in [-0.05, 0) is 44.9 Å². The minimum absolute atomic E-state index is 0.0333. The van der Waals surface area contributed by atoms with Gasteiger partial charge in [0.2, 0.25) is 0 Å². The molecule has 0 spiro atoms. The standard InChI is InChI=1S/C16H30N3O4/c1-3-23-15-6-5-12(8-13(15)19(21)22)14(20)10-18-9-11(2)4-7-16(18)17/h11-13,15-16,21H,3-10,17H2,1-2H3/q-1. The van der Waals surface area contributed by atoms with Crippen molar-refractivity contribution in [1.82, 2.24) is 10.1 Å². The predicted molar refractivity (Wildman–Crippen MR) is 86.5 cm³/mol. The lowest BCUT2D eigenvalue weighted by Gasteiger charge is -2.42. The Labute approximate surface area is 138 Å². The highest BCUT2D eigenvalue weighted by molar-refractivity contribution is 5.83. The number of rotatable bonds is 6. The summed E-state index contributed by atoms with van der Waals surface area (Å²) in [5.41, 5.74) is 6.11. The van der Waals surface area contributed by atoms with E-state index in [0.29, 0.717) is 38.3 Å². The molecule has 134 valence electrons. The summed E-state index contributed by atoms with van der Waals surface area (Å²) >= 11 is 0. The normalized spacial score (nSPS) is 36.3. The zero-order valence-corrected chi connectivity index (χ0v) is 14.2. The quantitative estimate of drug-likeness (QED) is 0.709. The number of nitrogens with zero attached hydrogens (tertiary/aromatic N) is 2. The summed E-state index contributed by atoms with van der Waals surface area (Å²) in [7, 11) is 0. The van der Waals surface area contributed by atoms with Crippen LogP contribution in [-0.2, 0) is 9.53 Å². The lowest BCUT2D eigenvalue weighted by atomic mass is 9.81. The lowest BCUT2D eigenvalue weighted by molar-refractivity contribution is -0.152. The third kappa shape index (κ3) is 4.95. The molecule has 3 N–H and O–H groups in total. The number of hydrogen-bond donors (Lipinski definition) is 2. The van der Waals surface area contributed by atoms with Crippen LogP contribution in [0.25, 0.3) is 0 Å². The van der Waals surface area contributed by atoms with Crippen molar-refractivity contribution in [3.8, 4) is 0 Å². The molecule has 7 heteroatoms. The van der Waals surface area contributed by atoms with Gasteiger partial charge >= 0.3 is 0 Å². The van der Waals surface area contributed by atoms with Crippen LogP contribution < -0.4 is 5.73 Å². The molecular weight excluding hydrogens is 298 g/mol. The van der Waals surface area contributed by atoms with E-state index in [9.17, 15) is 15.2 Å². The third-order valence-electron chi connectivity index (χ3n) is 5.20. The van der Waals surface area contributed by atoms with Crippen molar-refractivity contribution in [2.45, 2.75) is 64.3 Å². The van der Waals surface area contributed by atoms with Gasteiger partial charge in [0, 0.05) is 25.1 Å². The van der Waals surface area contributed by atoms with Gasteiger partial charge in [0.05, 0.1) is 18.8 Å². The molecule has 0 radical (unpaired) electrons. The number of hydroxylamine groups is 2. The van der Waals surface area contributed by atoms with Crippen LogP contribution in [0.5, 0.6) is 0 Å². The summed E-state index contributed by atoms with van der Waals surface area (Å²) < 4.78 is 5.52. The topological polar surface area (TPSA) is 102 Å². The van der Waals surface area contributed by atoms with Gasteiger partial charge in [-0.1, -0.05) is 6.92 Å². The Bertz CT molecular complexity index is 394. The van der Waals surface area contributed by atoms with Crippen LogP contribution in [0.4, 0.5) is 0 Å². The second kappa shape index (κ2) is 8.50. The van der Waals surface area contributed by atoms with Crippen molar-refractivity contribution < 1.29 is 14.7 Å². The molecule has 7 nitrogen and oxygen atoms in total. The predicted octanol–water partition coefficient (Wildman–Crippen LogP) is 1.34. The number of hydrogen-bond acceptors (Lipinski definition) is 7. The fraction of sp³-hybridized carbons (Fsp3) is 0.938. The average molecular weight is 328 g/mol. The van der Waals surface area contributed by atoms with Gasteiger partial charge in [0.1, 0.15) is 5.78 Å². The van der Waals surface area contributed by atoms with E-state index in [4.69, 9.17) is 10.5 Å². The van der Waals surface area contributed by atoms with Crippen LogP contribution in [-0.4, -0.2) is 59.1 Å². The molecule has 23 heavy (non-hydrogen) atoms. The van der Waals surface area contributed by atoms with E-state index in [1.54, 1.807) is 0 Å². The van der Waals surface area contributed by atoms with Crippen molar-refractivity contribution in [3.05, 3.63) is 5.21 Å². The van der Waals surface area contributed by atoms with Crippen molar-refractivity contribution in [3.63, 3.8) is 0 Å². The first-order valence-corrected chi connectivity index (χ1v) is 8.71. The summed E-state index contributed by atoms with van der Waals surface area (Å²) in [6.07, 6.45) is 3.33. The van der Waals surface area contributed by atoms with Gasteiger partial charge in [-0.2, -0.15) is 0 Å². The van der Waals surface area contributed by atoms with Crippen molar-refractivity contribution in [2.75, 3.05) is 19.7 Å². The highest BCUT2D eigenvalue weighted by Gasteiger charge is 2.36. The molecule has 5 atom stereocenters. The Morgan fingerprint density at radius 3 is 2.78 bits per heavy atom. The van der Waals surface area contributed by atoms with Gasteiger partial charge in [-0.15, -0.1) is 0 Å². The largest absolute Gasteiger partial charge is 0.762 e. The Hall–Kier alpha value is -0.570. The highest BCUT2D eigenvalue weighted by Crippen LogP contribution is 2.30. The monoisotopic (exact) mass is 328 g/mol. The van der Waals surface area contributed by atoms with Gasteiger partial charge in [0.15, 0.2) is 0 Å². The first kappa shape index (κ1) is 18.8. The molecule has 0 aromatic rings. The van der Waals surface area contributed by atoms with Crippen LogP contribution in [0, 0.1) is 17.0 Å². The molecule has 2 aliphatic rings. The van der Waals surface area contributed by atoms with Crippen LogP contribution >= 0.6 is 0 Å². The van der Waals surface area contributed by atoms with E-state index < -0.39 is 6.04 Å². The van der Waals surface area contributed by atoms with E-state index in [1.165, 1.54) is 0 Å². The molecule has 0 aromatic heterocycles. The highest BCUT2D eigenvalue weighted by atomic mass is 16.8. The van der Waals surface area contributed by atoms with E-state index >= 15 is 0 Å². The van der Waals surface area contributed by atoms with E-state index in [1.807, 2.05) is 11.8 Å². The van der Waals surface area contributed by atoms with Gasteiger partial charge in [-0.3, -0.25) is 14.9 Å². The molecule has 0 bridgehead atoms. The van der Waals surface area contributed by atoms with Crippen LogP contribution in [0.2, 0.25) is 0 Å². The van der Waals surface area contributed by atoms with E-state index in [2.05, 4.69) is 6.92 Å². The maximum atomic E-state index is 12.6. The molecule has 0 aromatic carbocycles. The fourth-order valence-corrected chi connectivity index (χ4v) is 3.83. The smallest absolute Gasteiger partial charge is 0.150 e. The van der Waals surface area contributed by atoms with E-state index in [0.717, 1.165) is 19.4 Å². The summed E-state index contributed by atoms with van der Waals surface area (Å²) in [5.74, 6) is 0.472. The number of carbonyl (C=O) groups is 1. The Morgan fingerprint density at radius 1 is 1.39 bits per heavy atom. The number of ether oxygens (including phenoxy) is 1. The molecule has 1 heterocycles. The third-order valence-corrected chi connectivity index (χ3v) is 5.20. The first-order valence-electron chi connectivity index (χ1n) is 8.71. The SMILES string of the molecule is CCOC1CCC(C(=O)CN2CC(C)CCC2N)CC1N([O-])O. The average Bonchev–Trinajstić information content (AvgIpc) is 2.51. The zero-order valence-electron chi connectivity index (χ0n) is 14.2.